The molecule has 0 saturated carbocycles. The van der Waals surface area contributed by atoms with E-state index in [0.29, 0.717) is 45.9 Å². The Kier molecular flexibility index (Phi) is 10.7. The number of thioether (sulfide) groups is 1. The van der Waals surface area contributed by atoms with Crippen LogP contribution in [-0.2, 0) is 21.9 Å². The summed E-state index contributed by atoms with van der Waals surface area (Å²) in [5.74, 6) is 0.0779. The molecule has 6 aromatic rings. The van der Waals surface area contributed by atoms with Crippen LogP contribution in [0.3, 0.4) is 0 Å². The summed E-state index contributed by atoms with van der Waals surface area (Å²) >= 11 is 2.76. The lowest BCUT2D eigenvalue weighted by molar-refractivity contribution is -0.132. The number of nitrogens with zero attached hydrogens (tertiary/aromatic N) is 3. The molecular weight excluding hydrogens is 691 g/mol. The molecule has 10 heteroatoms. The second-order valence-corrected chi connectivity index (χ2v) is 14.6. The molecule has 5 aromatic carbocycles. The molecule has 1 aliphatic rings. The van der Waals surface area contributed by atoms with Crippen molar-refractivity contribution in [1.82, 2.24) is 10.2 Å². The zero-order chi connectivity index (χ0) is 36.0. The van der Waals surface area contributed by atoms with Crippen LogP contribution >= 0.6 is 23.1 Å². The van der Waals surface area contributed by atoms with E-state index in [1.54, 1.807) is 24.3 Å². The first kappa shape index (κ1) is 35.0. The Labute approximate surface area is 310 Å². The zero-order valence-electron chi connectivity index (χ0n) is 28.8. The van der Waals surface area contributed by atoms with Crippen molar-refractivity contribution in [2.45, 2.75) is 49.4 Å². The van der Waals surface area contributed by atoms with Crippen LogP contribution in [0.1, 0.15) is 53.6 Å². The SMILES string of the molecule is CCCCOc1ccc(C2C(=C(O)c3ccc(OCc4ccccc4C)cc3)C(=O)C(=O)N2c2nnc(SCc3cccc4ccccc34)s2)cc1. The van der Waals surface area contributed by atoms with Gasteiger partial charge in [0, 0.05) is 11.3 Å². The lowest BCUT2D eigenvalue weighted by Crippen LogP contribution is -2.29. The first-order valence-corrected chi connectivity index (χ1v) is 19.0. The highest BCUT2D eigenvalue weighted by molar-refractivity contribution is 8.00. The molecule has 52 heavy (non-hydrogen) atoms. The number of aliphatic hydroxyl groups excluding tert-OH is 1. The van der Waals surface area contributed by atoms with E-state index in [0.717, 1.165) is 34.9 Å². The van der Waals surface area contributed by atoms with Crippen molar-refractivity contribution >= 4 is 56.5 Å². The van der Waals surface area contributed by atoms with E-state index in [1.807, 2.05) is 73.7 Å². The van der Waals surface area contributed by atoms with Crippen molar-refractivity contribution in [3.05, 3.63) is 149 Å². The van der Waals surface area contributed by atoms with E-state index in [2.05, 4.69) is 41.4 Å². The number of unbranched alkanes of at least 4 members (excludes halogenated alkanes) is 1. The number of rotatable bonds is 13. The number of aliphatic hydroxyl groups is 1. The summed E-state index contributed by atoms with van der Waals surface area (Å²) in [6.07, 6.45) is 1.94. The van der Waals surface area contributed by atoms with Crippen LogP contribution in [0, 0.1) is 6.92 Å². The topological polar surface area (TPSA) is 102 Å². The van der Waals surface area contributed by atoms with E-state index in [1.165, 1.54) is 33.4 Å². The average Bonchev–Trinajstić information content (AvgIpc) is 3.75. The van der Waals surface area contributed by atoms with Gasteiger partial charge in [0.2, 0.25) is 5.13 Å². The van der Waals surface area contributed by atoms with E-state index in [9.17, 15) is 14.7 Å². The molecule has 1 unspecified atom stereocenters. The monoisotopic (exact) mass is 727 g/mol. The Morgan fingerprint density at radius 3 is 2.31 bits per heavy atom. The van der Waals surface area contributed by atoms with Crippen LogP contribution in [0.4, 0.5) is 5.13 Å². The maximum atomic E-state index is 13.8. The van der Waals surface area contributed by atoms with Crippen molar-refractivity contribution in [3.8, 4) is 11.5 Å². The van der Waals surface area contributed by atoms with Gasteiger partial charge in [-0.1, -0.05) is 115 Å². The zero-order valence-corrected chi connectivity index (χ0v) is 30.5. The number of carbonyl (C=O) groups is 2. The molecule has 8 nitrogen and oxygen atoms in total. The fraction of sp³-hybridized carbons (Fsp3) is 0.190. The lowest BCUT2D eigenvalue weighted by atomic mass is 9.95. The molecule has 7 rings (SSSR count). The number of ether oxygens (including phenoxy) is 2. The predicted octanol–water partition coefficient (Wildman–Crippen LogP) is 9.68. The third-order valence-corrected chi connectivity index (χ3v) is 11.1. The normalized spacial score (nSPS) is 15.3. The minimum atomic E-state index is -0.939. The summed E-state index contributed by atoms with van der Waals surface area (Å²) < 4.78 is 12.5. The van der Waals surface area contributed by atoms with Gasteiger partial charge in [-0.2, -0.15) is 0 Å². The third-order valence-electron chi connectivity index (χ3n) is 9.02. The first-order valence-electron chi connectivity index (χ1n) is 17.2. The number of benzene rings is 5. The van der Waals surface area contributed by atoms with Crippen molar-refractivity contribution in [1.29, 1.82) is 0 Å². The van der Waals surface area contributed by atoms with Gasteiger partial charge in [0.1, 0.15) is 23.9 Å². The number of Topliss-reactive ketones (excluding diaryl/α,β-unsaturated/α-hetero) is 1. The van der Waals surface area contributed by atoms with Crippen LogP contribution in [-0.4, -0.2) is 33.6 Å². The number of ketones is 1. The highest BCUT2D eigenvalue weighted by Crippen LogP contribution is 2.44. The number of aromatic nitrogens is 2. The van der Waals surface area contributed by atoms with E-state index in [4.69, 9.17) is 9.47 Å². The Balaban J connectivity index is 1.18. The van der Waals surface area contributed by atoms with Crippen molar-refractivity contribution in [2.75, 3.05) is 11.5 Å². The van der Waals surface area contributed by atoms with Crippen LogP contribution in [0.15, 0.2) is 125 Å². The van der Waals surface area contributed by atoms with Gasteiger partial charge in [0.25, 0.3) is 5.78 Å². The third kappa shape index (κ3) is 7.44. The predicted molar refractivity (Wildman–Crippen MR) is 207 cm³/mol. The van der Waals surface area contributed by atoms with Crippen molar-refractivity contribution in [2.24, 2.45) is 0 Å². The fourth-order valence-electron chi connectivity index (χ4n) is 6.14. The van der Waals surface area contributed by atoms with E-state index < -0.39 is 17.7 Å². The number of amides is 1. The second kappa shape index (κ2) is 15.8. The summed E-state index contributed by atoms with van der Waals surface area (Å²) in [4.78, 5) is 29.0. The van der Waals surface area contributed by atoms with Crippen molar-refractivity contribution < 1.29 is 24.2 Å². The Morgan fingerprint density at radius 1 is 0.827 bits per heavy atom. The quantitative estimate of drug-likeness (QED) is 0.0314. The first-order chi connectivity index (χ1) is 25.4. The van der Waals surface area contributed by atoms with Gasteiger partial charge in [-0.15, -0.1) is 10.2 Å². The molecule has 262 valence electrons. The van der Waals surface area contributed by atoms with Gasteiger partial charge in [0.05, 0.1) is 18.2 Å². The number of hydrogen-bond acceptors (Lipinski definition) is 9. The lowest BCUT2D eigenvalue weighted by Gasteiger charge is -2.22. The number of carbonyl (C=O) groups excluding carboxylic acids is 2. The van der Waals surface area contributed by atoms with Gasteiger partial charge < -0.3 is 14.6 Å². The van der Waals surface area contributed by atoms with Gasteiger partial charge in [-0.3, -0.25) is 14.5 Å². The number of anilines is 1. The summed E-state index contributed by atoms with van der Waals surface area (Å²) in [5, 5.41) is 23.1. The molecule has 0 aliphatic carbocycles. The number of fused-ring (bicyclic) bond motifs is 1. The summed E-state index contributed by atoms with van der Waals surface area (Å²) in [6.45, 7) is 5.11. The molecule has 2 heterocycles. The van der Waals surface area contributed by atoms with Crippen LogP contribution < -0.4 is 14.4 Å². The molecule has 1 N–H and O–H groups in total. The van der Waals surface area contributed by atoms with Gasteiger partial charge in [-0.05, 0) is 82.8 Å². The molecule has 0 bridgehead atoms. The van der Waals surface area contributed by atoms with Crippen LogP contribution in [0.2, 0.25) is 0 Å². The van der Waals surface area contributed by atoms with Gasteiger partial charge >= 0.3 is 5.91 Å². The van der Waals surface area contributed by atoms with Gasteiger partial charge in [-0.25, -0.2) is 0 Å². The highest BCUT2D eigenvalue weighted by Gasteiger charge is 2.48. The molecule has 0 spiro atoms. The van der Waals surface area contributed by atoms with Crippen LogP contribution in [0.25, 0.3) is 16.5 Å². The Hall–Kier alpha value is -5.45. The number of hydrogen-bond donors (Lipinski definition) is 1. The summed E-state index contributed by atoms with van der Waals surface area (Å²) in [5.41, 5.74) is 4.35. The molecular formula is C42H37N3O5S2. The molecule has 1 saturated heterocycles. The summed E-state index contributed by atoms with van der Waals surface area (Å²) in [7, 11) is 0. The standard InChI is InChI=1S/C42H37N3O5S2/c1-3-4-24-49-33-20-16-29(17-21-33)37-36(38(46)30-18-22-34(23-19-30)50-25-31-12-6-5-10-27(31)2)39(47)40(48)45(37)41-43-44-42(52-41)51-26-32-14-9-13-28-11-7-8-15-35(28)32/h5-23,37,46H,3-4,24-26H2,1-2H3. The minimum Gasteiger partial charge on any atom is -0.507 e. The van der Waals surface area contributed by atoms with E-state index in [-0.39, 0.29) is 16.5 Å². The molecule has 1 aliphatic heterocycles. The second-order valence-electron chi connectivity index (χ2n) is 12.5. The highest BCUT2D eigenvalue weighted by atomic mass is 32.2. The maximum Gasteiger partial charge on any atom is 0.301 e. The Bertz CT molecular complexity index is 2240. The van der Waals surface area contributed by atoms with Crippen LogP contribution in [0.5, 0.6) is 11.5 Å². The summed E-state index contributed by atoms with van der Waals surface area (Å²) in [6, 6.07) is 35.6. The van der Waals surface area contributed by atoms with Crippen molar-refractivity contribution in [3.63, 3.8) is 0 Å². The maximum absolute atomic E-state index is 13.8. The largest absolute Gasteiger partial charge is 0.507 e. The molecule has 1 fully saturated rings. The minimum absolute atomic E-state index is 0.0293. The molecule has 1 aromatic heterocycles. The molecule has 1 atom stereocenters. The number of aryl methyl sites for hydroxylation is 1. The Morgan fingerprint density at radius 2 is 1.52 bits per heavy atom. The smallest absolute Gasteiger partial charge is 0.301 e. The fourth-order valence-corrected chi connectivity index (χ4v) is 8.01. The molecule has 0 radical (unpaired) electrons. The van der Waals surface area contributed by atoms with E-state index >= 15 is 0 Å². The van der Waals surface area contributed by atoms with Gasteiger partial charge in [0.15, 0.2) is 4.34 Å². The average molecular weight is 728 g/mol. The molecule has 1 amide bonds.